The standard InChI is InChI=1S/C17H16N2O2/c1-12-2-7-17(19-10-12)21-15-6-5-14(9-18)16(8-15)20-11-13-3-4-13/h2,5-8,10,13H,3-4,11H2,1H3. The van der Waals surface area contributed by atoms with Gasteiger partial charge >= 0.3 is 0 Å². The molecule has 1 aliphatic carbocycles. The van der Waals surface area contributed by atoms with Gasteiger partial charge in [0, 0.05) is 18.3 Å². The molecule has 0 aliphatic heterocycles. The average Bonchev–Trinajstić information content (AvgIpc) is 3.32. The number of benzene rings is 1. The summed E-state index contributed by atoms with van der Waals surface area (Å²) < 4.78 is 11.4. The highest BCUT2D eigenvalue weighted by atomic mass is 16.5. The quantitative estimate of drug-likeness (QED) is 0.835. The van der Waals surface area contributed by atoms with E-state index in [-0.39, 0.29) is 0 Å². The second-order valence-corrected chi connectivity index (χ2v) is 5.30. The van der Waals surface area contributed by atoms with Crippen molar-refractivity contribution >= 4 is 0 Å². The second-order valence-electron chi connectivity index (χ2n) is 5.30. The minimum Gasteiger partial charge on any atom is -0.492 e. The normalized spacial score (nSPS) is 13.5. The summed E-state index contributed by atoms with van der Waals surface area (Å²) in [5.74, 6) is 2.36. The monoisotopic (exact) mass is 280 g/mol. The lowest BCUT2D eigenvalue weighted by Gasteiger charge is -2.10. The lowest BCUT2D eigenvalue weighted by molar-refractivity contribution is 0.297. The van der Waals surface area contributed by atoms with E-state index in [4.69, 9.17) is 14.7 Å². The Morgan fingerprint density at radius 2 is 2.14 bits per heavy atom. The van der Waals surface area contributed by atoms with Gasteiger partial charge in [0.1, 0.15) is 17.6 Å². The van der Waals surface area contributed by atoms with Crippen LogP contribution in [0.25, 0.3) is 0 Å². The maximum absolute atomic E-state index is 9.13. The van der Waals surface area contributed by atoms with Crippen molar-refractivity contribution in [3.8, 4) is 23.4 Å². The highest BCUT2D eigenvalue weighted by Gasteiger charge is 2.22. The summed E-state index contributed by atoms with van der Waals surface area (Å²) in [5.41, 5.74) is 1.61. The molecule has 21 heavy (non-hydrogen) atoms. The molecule has 0 unspecified atom stereocenters. The fraction of sp³-hybridized carbons (Fsp3) is 0.294. The molecular weight excluding hydrogens is 264 g/mol. The first-order valence-electron chi connectivity index (χ1n) is 7.02. The van der Waals surface area contributed by atoms with Gasteiger partial charge in [-0.25, -0.2) is 4.98 Å². The number of pyridine rings is 1. The minimum absolute atomic E-state index is 0.526. The first kappa shape index (κ1) is 13.4. The van der Waals surface area contributed by atoms with E-state index < -0.39 is 0 Å². The Morgan fingerprint density at radius 3 is 2.81 bits per heavy atom. The van der Waals surface area contributed by atoms with Crippen LogP contribution in [0, 0.1) is 24.2 Å². The third-order valence-electron chi connectivity index (χ3n) is 3.35. The van der Waals surface area contributed by atoms with E-state index in [0.29, 0.717) is 35.5 Å². The molecule has 0 atom stereocenters. The van der Waals surface area contributed by atoms with Crippen molar-refractivity contribution in [2.45, 2.75) is 19.8 Å². The molecule has 1 aromatic heterocycles. The van der Waals surface area contributed by atoms with Crippen molar-refractivity contribution in [3.05, 3.63) is 47.7 Å². The highest BCUT2D eigenvalue weighted by Crippen LogP contribution is 2.32. The van der Waals surface area contributed by atoms with Crippen molar-refractivity contribution < 1.29 is 9.47 Å². The number of aromatic nitrogens is 1. The first-order chi connectivity index (χ1) is 10.2. The van der Waals surface area contributed by atoms with Crippen LogP contribution in [-0.4, -0.2) is 11.6 Å². The average molecular weight is 280 g/mol. The van der Waals surface area contributed by atoms with E-state index in [2.05, 4.69) is 11.1 Å². The molecule has 0 radical (unpaired) electrons. The zero-order valence-corrected chi connectivity index (χ0v) is 11.9. The summed E-state index contributed by atoms with van der Waals surface area (Å²) in [6.45, 7) is 2.64. The van der Waals surface area contributed by atoms with Crippen LogP contribution in [0.1, 0.15) is 24.0 Å². The molecule has 0 saturated heterocycles. The van der Waals surface area contributed by atoms with Gasteiger partial charge in [-0.2, -0.15) is 5.26 Å². The van der Waals surface area contributed by atoms with E-state index in [9.17, 15) is 0 Å². The number of ether oxygens (including phenoxy) is 2. The van der Waals surface area contributed by atoms with Crippen LogP contribution in [0.3, 0.4) is 0 Å². The third kappa shape index (κ3) is 3.51. The smallest absolute Gasteiger partial charge is 0.219 e. The molecule has 1 aromatic carbocycles. The zero-order valence-electron chi connectivity index (χ0n) is 11.9. The van der Waals surface area contributed by atoms with Crippen LogP contribution in [0.15, 0.2) is 36.5 Å². The maximum Gasteiger partial charge on any atom is 0.219 e. The van der Waals surface area contributed by atoms with Gasteiger partial charge in [-0.1, -0.05) is 6.07 Å². The fourth-order valence-corrected chi connectivity index (χ4v) is 1.91. The largest absolute Gasteiger partial charge is 0.492 e. The van der Waals surface area contributed by atoms with Gasteiger partial charge in [0.15, 0.2) is 0 Å². The number of rotatable bonds is 5. The summed E-state index contributed by atoms with van der Waals surface area (Å²) in [6.07, 6.45) is 4.18. The molecule has 106 valence electrons. The van der Waals surface area contributed by atoms with Crippen molar-refractivity contribution in [2.24, 2.45) is 5.92 Å². The number of hydrogen-bond donors (Lipinski definition) is 0. The minimum atomic E-state index is 0.526. The van der Waals surface area contributed by atoms with Gasteiger partial charge < -0.3 is 9.47 Å². The predicted molar refractivity (Wildman–Crippen MR) is 78.4 cm³/mol. The molecule has 0 N–H and O–H groups in total. The van der Waals surface area contributed by atoms with Gasteiger partial charge in [-0.15, -0.1) is 0 Å². The Balaban J connectivity index is 1.76. The Labute approximate surface area is 124 Å². The van der Waals surface area contributed by atoms with Crippen LogP contribution < -0.4 is 9.47 Å². The number of hydrogen-bond acceptors (Lipinski definition) is 4. The number of nitriles is 1. The van der Waals surface area contributed by atoms with E-state index in [0.717, 1.165) is 5.56 Å². The lowest BCUT2D eigenvalue weighted by atomic mass is 10.2. The molecule has 0 amide bonds. The Bertz CT molecular complexity index is 670. The van der Waals surface area contributed by atoms with E-state index in [1.54, 1.807) is 24.4 Å². The van der Waals surface area contributed by atoms with E-state index >= 15 is 0 Å². The molecule has 2 aromatic rings. The summed E-state index contributed by atoms with van der Waals surface area (Å²) in [4.78, 5) is 4.20. The first-order valence-corrected chi connectivity index (χ1v) is 7.02. The predicted octanol–water partition coefficient (Wildman–Crippen LogP) is 3.84. The van der Waals surface area contributed by atoms with Crippen LogP contribution in [-0.2, 0) is 0 Å². The molecule has 1 heterocycles. The molecule has 3 rings (SSSR count). The third-order valence-corrected chi connectivity index (χ3v) is 3.35. The molecule has 4 heteroatoms. The van der Waals surface area contributed by atoms with Crippen LogP contribution in [0.5, 0.6) is 17.4 Å². The van der Waals surface area contributed by atoms with Crippen molar-refractivity contribution in [2.75, 3.05) is 6.61 Å². The van der Waals surface area contributed by atoms with Gasteiger partial charge in [-0.05, 0) is 43.4 Å². The molecule has 0 bridgehead atoms. The lowest BCUT2D eigenvalue weighted by Crippen LogP contribution is -2.01. The summed E-state index contributed by atoms with van der Waals surface area (Å²) >= 11 is 0. The molecule has 0 spiro atoms. The fourth-order valence-electron chi connectivity index (χ4n) is 1.91. The molecule has 1 aliphatic rings. The van der Waals surface area contributed by atoms with Gasteiger partial charge in [0.2, 0.25) is 5.88 Å². The molecule has 1 fully saturated rings. The topological polar surface area (TPSA) is 55.1 Å². The molecular formula is C17H16N2O2. The SMILES string of the molecule is Cc1ccc(Oc2ccc(C#N)c(OCC3CC3)c2)nc1. The Hall–Kier alpha value is -2.54. The van der Waals surface area contributed by atoms with Crippen LogP contribution in [0.4, 0.5) is 0 Å². The zero-order chi connectivity index (χ0) is 14.7. The highest BCUT2D eigenvalue weighted by molar-refractivity contribution is 5.48. The number of aryl methyl sites for hydroxylation is 1. The van der Waals surface area contributed by atoms with E-state index in [1.807, 2.05) is 19.1 Å². The number of nitrogens with zero attached hydrogens (tertiary/aromatic N) is 2. The summed E-state index contributed by atoms with van der Waals surface area (Å²) in [7, 11) is 0. The second kappa shape index (κ2) is 5.84. The van der Waals surface area contributed by atoms with E-state index in [1.165, 1.54) is 12.8 Å². The van der Waals surface area contributed by atoms with Gasteiger partial charge in [-0.3, -0.25) is 0 Å². The van der Waals surface area contributed by atoms with Gasteiger partial charge in [0.05, 0.1) is 12.2 Å². The Morgan fingerprint density at radius 1 is 1.29 bits per heavy atom. The maximum atomic E-state index is 9.13. The van der Waals surface area contributed by atoms with Crippen molar-refractivity contribution in [1.29, 1.82) is 5.26 Å². The molecule has 4 nitrogen and oxygen atoms in total. The summed E-state index contributed by atoms with van der Waals surface area (Å²) in [5, 5.41) is 9.13. The van der Waals surface area contributed by atoms with Crippen molar-refractivity contribution in [3.63, 3.8) is 0 Å². The van der Waals surface area contributed by atoms with Gasteiger partial charge in [0.25, 0.3) is 0 Å². The molecule has 1 saturated carbocycles. The Kier molecular flexibility index (Phi) is 3.74. The van der Waals surface area contributed by atoms with Crippen LogP contribution in [0.2, 0.25) is 0 Å². The van der Waals surface area contributed by atoms with Crippen molar-refractivity contribution in [1.82, 2.24) is 4.98 Å². The summed E-state index contributed by atoms with van der Waals surface area (Å²) in [6, 6.07) is 11.1. The van der Waals surface area contributed by atoms with Crippen LogP contribution >= 0.6 is 0 Å².